The van der Waals surface area contributed by atoms with E-state index in [1.807, 2.05) is 38.8 Å². The average molecular weight is 96.0 g/mol. The van der Waals surface area contributed by atoms with Crippen LogP contribution in [0.1, 0.15) is 13.8 Å². The molecule has 36 valence electrons. The third kappa shape index (κ3) is 15.9. The monoisotopic (exact) mass is 96.1 g/mol. The zero-order valence-electron chi connectivity index (χ0n) is 6.31. The van der Waals surface area contributed by atoms with Crippen LogP contribution in [0.4, 0.5) is 0 Å². The van der Waals surface area contributed by atoms with Gasteiger partial charge in [0.15, 0.2) is 0 Å². The Hall–Kier alpha value is 0.675. The van der Waals surface area contributed by atoms with Crippen LogP contribution in [0, 0.1) is 12.8 Å². The first kappa shape index (κ1) is 15.9. The van der Waals surface area contributed by atoms with Crippen molar-refractivity contribution >= 4 is 0 Å². The van der Waals surface area contributed by atoms with Crippen molar-refractivity contribution in [2.24, 2.45) is 0 Å². The minimum atomic E-state index is 0. The quantitative estimate of drug-likeness (QED) is 0.243. The third-order valence-electron chi connectivity index (χ3n) is 0.496. The van der Waals surface area contributed by atoms with Crippen molar-refractivity contribution in [1.82, 2.24) is 0 Å². The predicted octanol–water partition coefficient (Wildman–Crippen LogP) is -4.00. The molecule has 0 aliphatic heterocycles. The molecule has 0 aromatic heterocycles. The van der Waals surface area contributed by atoms with Crippen LogP contribution < -0.4 is 37.7 Å². The first-order valence-corrected chi connectivity index (χ1v) is 2.15. The van der Waals surface area contributed by atoms with Gasteiger partial charge in [0.25, 0.3) is 0 Å². The Morgan fingerprint density at radius 2 is 1.12 bits per heavy atom. The van der Waals surface area contributed by atoms with Crippen LogP contribution in [-0.2, 0) is 0 Å². The van der Waals surface area contributed by atoms with Crippen LogP contribution in [-0.4, -0.2) is 0 Å². The molecule has 0 unspecified atom stereocenters. The van der Waals surface area contributed by atoms with Gasteiger partial charge in [-0.2, -0.15) is 0 Å². The number of hydrogen-bond donors (Lipinski definition) is 0. The van der Waals surface area contributed by atoms with Gasteiger partial charge in [-0.25, -0.2) is 0 Å². The van der Waals surface area contributed by atoms with Gasteiger partial charge in [-0.15, -0.1) is 13.8 Å². The molecule has 0 amide bonds. The van der Waals surface area contributed by atoms with Crippen molar-refractivity contribution in [2.45, 2.75) is 13.8 Å². The first-order valence-electron chi connectivity index (χ1n) is 2.15. The van der Waals surface area contributed by atoms with E-state index in [2.05, 4.69) is 0 Å². The van der Waals surface area contributed by atoms with Gasteiger partial charge >= 0.3 is 37.7 Å². The Bertz CT molecular complexity index is 35.8. The van der Waals surface area contributed by atoms with E-state index in [0.29, 0.717) is 0 Å². The Balaban J connectivity index is -0.000000125. The molecule has 0 N–H and O–H groups in total. The van der Waals surface area contributed by atoms with Gasteiger partial charge in [0.2, 0.25) is 0 Å². The van der Waals surface area contributed by atoms with Crippen LogP contribution in [0.5, 0.6) is 0 Å². The normalized spacial score (nSPS) is 6.75. The van der Waals surface area contributed by atoms with E-state index in [1.165, 1.54) is 0 Å². The molecule has 0 saturated heterocycles. The zero-order valence-corrected chi connectivity index (χ0v) is 6.31. The van der Waals surface area contributed by atoms with E-state index in [0.717, 1.165) is 0 Å². The largest absolute Gasteiger partial charge is 1.00 e. The molecule has 0 bridgehead atoms. The summed E-state index contributed by atoms with van der Waals surface area (Å²) in [6, 6.07) is 0. The van der Waals surface area contributed by atoms with Crippen LogP contribution in [0.2, 0.25) is 0 Å². The summed E-state index contributed by atoms with van der Waals surface area (Å²) in [6.07, 6.45) is 8.00. The van der Waals surface area contributed by atoms with Crippen molar-refractivity contribution in [2.75, 3.05) is 0 Å². The molecule has 0 aliphatic rings. The zero-order chi connectivity index (χ0) is 4.83. The Kier molecular flexibility index (Phi) is 31.0. The minimum absolute atomic E-state index is 0. The maximum absolute atomic E-state index is 2.00. The summed E-state index contributed by atoms with van der Waals surface area (Å²) >= 11 is 0. The summed E-state index contributed by atoms with van der Waals surface area (Å²) < 4.78 is 0. The van der Waals surface area contributed by atoms with Gasteiger partial charge in [0.05, 0.1) is 0 Å². The molecule has 0 rings (SSSR count). The van der Waals surface area contributed by atoms with Crippen LogP contribution in [0.25, 0.3) is 0 Å². The fourth-order valence-corrected chi connectivity index (χ4v) is 0.222. The summed E-state index contributed by atoms with van der Waals surface area (Å²) in [5.41, 5.74) is 0. The first-order chi connectivity index (χ1) is 2.91. The fourth-order valence-electron chi connectivity index (χ4n) is 0.222. The Labute approximate surface area is 76.5 Å². The molecule has 0 aliphatic carbocycles. The molecule has 0 aromatic carbocycles. The van der Waals surface area contributed by atoms with Crippen molar-refractivity contribution in [3.05, 3.63) is 25.0 Å². The predicted molar refractivity (Wildman–Crippen MR) is 29.1 cm³/mol. The molecule has 0 heterocycles. The molecule has 2 heteroatoms. The van der Waals surface area contributed by atoms with Gasteiger partial charge < -0.3 is 25.0 Å². The molecule has 8 heavy (non-hydrogen) atoms. The second kappa shape index (κ2) is 15.6. The maximum atomic E-state index is 2.00. The summed E-state index contributed by atoms with van der Waals surface area (Å²) in [5.74, 6) is 0. The smallest absolute Gasteiger partial charge is 0.379 e. The second-order valence-electron chi connectivity index (χ2n) is 1.05. The molecule has 0 radical (unpaired) electrons. The number of rotatable bonds is 2. The molecule has 0 fully saturated rings. The Morgan fingerprint density at radius 1 is 0.875 bits per heavy atom. The van der Waals surface area contributed by atoms with E-state index >= 15 is 0 Å². The van der Waals surface area contributed by atoms with E-state index in [4.69, 9.17) is 0 Å². The summed E-state index contributed by atoms with van der Waals surface area (Å²) in [5, 5.41) is 0. The second-order valence-corrected chi connectivity index (χ2v) is 1.05. The van der Waals surface area contributed by atoms with Crippen molar-refractivity contribution < 1.29 is 37.7 Å². The van der Waals surface area contributed by atoms with Crippen LogP contribution >= 0.6 is 0 Å². The van der Waals surface area contributed by atoms with Crippen molar-refractivity contribution in [1.29, 1.82) is 0 Å². The molecule has 0 aromatic rings. The average Bonchev–Trinajstić information content (AvgIpc) is 1.61. The van der Waals surface area contributed by atoms with Crippen LogP contribution in [0.15, 0.2) is 12.2 Å². The van der Waals surface area contributed by atoms with E-state index < -0.39 is 0 Å². The molecule has 0 nitrogen and oxygen atoms in total. The van der Waals surface area contributed by atoms with Gasteiger partial charge in [0, 0.05) is 0 Å². The molecule has 0 atom stereocenters. The summed E-state index contributed by atoms with van der Waals surface area (Å²) in [6.45, 7) is 4.00. The molecular formula is C6H10Li2. The van der Waals surface area contributed by atoms with Gasteiger partial charge in [0.1, 0.15) is 0 Å². The fraction of sp³-hybridized carbons (Fsp3) is 0.333. The minimum Gasteiger partial charge on any atom is -0.379 e. The van der Waals surface area contributed by atoms with Crippen molar-refractivity contribution in [3.8, 4) is 0 Å². The van der Waals surface area contributed by atoms with Gasteiger partial charge in [-0.3, -0.25) is 0 Å². The SMILES string of the molecule is C[CH-]C=C[CH-]C.[Li+].[Li+]. The summed E-state index contributed by atoms with van der Waals surface area (Å²) in [4.78, 5) is 0. The number of allylic oxidation sites excluding steroid dienone is 2. The van der Waals surface area contributed by atoms with E-state index in [1.54, 1.807) is 0 Å². The molecule has 0 saturated carbocycles. The maximum Gasteiger partial charge on any atom is 1.00 e. The molecule has 0 spiro atoms. The van der Waals surface area contributed by atoms with E-state index in [9.17, 15) is 0 Å². The standard InChI is InChI=1S/C6H10.2Li/c1-3-5-6-4-2;;/h3-6H,1-2H3;;/q-2;2*+1. The topological polar surface area (TPSA) is 0 Å². The number of hydrogen-bond acceptors (Lipinski definition) is 0. The van der Waals surface area contributed by atoms with Crippen LogP contribution in [0.3, 0.4) is 0 Å². The summed E-state index contributed by atoms with van der Waals surface area (Å²) in [7, 11) is 0. The third-order valence-corrected chi connectivity index (χ3v) is 0.496. The van der Waals surface area contributed by atoms with Gasteiger partial charge in [-0.05, 0) is 0 Å². The van der Waals surface area contributed by atoms with E-state index in [-0.39, 0.29) is 37.7 Å². The Morgan fingerprint density at radius 3 is 1.25 bits per heavy atom. The van der Waals surface area contributed by atoms with Gasteiger partial charge in [-0.1, -0.05) is 0 Å². The van der Waals surface area contributed by atoms with Crippen molar-refractivity contribution in [3.63, 3.8) is 0 Å². The molecular weight excluding hydrogens is 85.9 g/mol.